The number of benzene rings is 2. The van der Waals surface area contributed by atoms with E-state index in [1.165, 1.54) is 12.8 Å². The van der Waals surface area contributed by atoms with Gasteiger partial charge in [-0.15, -0.1) is 0 Å². The van der Waals surface area contributed by atoms with Crippen molar-refractivity contribution in [1.82, 2.24) is 14.9 Å². The van der Waals surface area contributed by atoms with E-state index >= 15 is 0 Å². The molecule has 0 bridgehead atoms. The molecule has 27 heavy (non-hydrogen) atoms. The van der Waals surface area contributed by atoms with Crippen molar-refractivity contribution in [3.8, 4) is 17.1 Å². The summed E-state index contributed by atoms with van der Waals surface area (Å²) >= 11 is 5.33. The first kappa shape index (κ1) is 19.0. The second-order valence-electron chi connectivity index (χ2n) is 6.35. The summed E-state index contributed by atoms with van der Waals surface area (Å²) in [7, 11) is 0. The van der Waals surface area contributed by atoms with Crippen LogP contribution >= 0.6 is 12.2 Å². The first-order chi connectivity index (χ1) is 13.2. The van der Waals surface area contributed by atoms with Crippen LogP contribution in [0.3, 0.4) is 0 Å². The number of ether oxygens (including phenoxy) is 1. The Hall–Kier alpha value is -2.73. The van der Waals surface area contributed by atoms with Crippen LogP contribution in [0.25, 0.3) is 11.4 Å². The molecule has 0 fully saturated rings. The van der Waals surface area contributed by atoms with Crippen LogP contribution in [0.1, 0.15) is 37.3 Å². The van der Waals surface area contributed by atoms with Gasteiger partial charge in [-0.05, 0) is 61.0 Å². The van der Waals surface area contributed by atoms with Gasteiger partial charge in [-0.3, -0.25) is 0 Å². The van der Waals surface area contributed by atoms with Gasteiger partial charge < -0.3 is 4.74 Å². The zero-order valence-electron chi connectivity index (χ0n) is 15.7. The van der Waals surface area contributed by atoms with Crippen LogP contribution in [-0.2, 0) is 0 Å². The third-order valence-corrected chi connectivity index (χ3v) is 4.52. The summed E-state index contributed by atoms with van der Waals surface area (Å²) in [6.45, 7) is 4.98. The number of aryl methyl sites for hydroxylation is 1. The average Bonchev–Trinajstić information content (AvgIpc) is 3.05. The standard InChI is InChI=1S/C21H24N4OS/c1-3-4-7-14-26-18-12-10-17(11-13-18)15-22-25-20(23-24-21(25)27)19-9-6-5-8-16(19)2/h5-6,8-13,15H,3-4,7,14H2,1-2H3,(H,24,27)/b22-15-. The van der Waals surface area contributed by atoms with Crippen molar-refractivity contribution in [3.05, 3.63) is 64.4 Å². The minimum atomic E-state index is 0.459. The number of nitrogens with zero attached hydrogens (tertiary/aromatic N) is 3. The molecular weight excluding hydrogens is 356 g/mol. The fourth-order valence-electron chi connectivity index (χ4n) is 2.71. The summed E-state index contributed by atoms with van der Waals surface area (Å²) in [5.41, 5.74) is 3.08. The Morgan fingerprint density at radius 2 is 1.93 bits per heavy atom. The normalized spacial score (nSPS) is 11.2. The van der Waals surface area contributed by atoms with Crippen molar-refractivity contribution in [3.63, 3.8) is 0 Å². The van der Waals surface area contributed by atoms with Gasteiger partial charge in [0.15, 0.2) is 5.82 Å². The molecule has 5 nitrogen and oxygen atoms in total. The molecule has 0 saturated carbocycles. The highest BCUT2D eigenvalue weighted by molar-refractivity contribution is 7.71. The summed E-state index contributed by atoms with van der Waals surface area (Å²) < 4.78 is 7.85. The number of rotatable bonds is 8. The van der Waals surface area contributed by atoms with Gasteiger partial charge in [-0.2, -0.15) is 14.9 Å². The Balaban J connectivity index is 1.74. The highest BCUT2D eigenvalue weighted by Crippen LogP contribution is 2.21. The number of aromatic amines is 1. The van der Waals surface area contributed by atoms with Crippen LogP contribution in [0, 0.1) is 11.7 Å². The predicted octanol–water partition coefficient (Wildman–Crippen LogP) is 5.37. The quantitative estimate of drug-likeness (QED) is 0.325. The monoisotopic (exact) mass is 380 g/mol. The van der Waals surface area contributed by atoms with Gasteiger partial charge in [0.25, 0.3) is 0 Å². The SMILES string of the molecule is CCCCCOc1ccc(/C=N\n2c(-c3ccccc3C)n[nH]c2=S)cc1. The largest absolute Gasteiger partial charge is 0.494 e. The molecular formula is C21H24N4OS. The van der Waals surface area contributed by atoms with Gasteiger partial charge in [0, 0.05) is 5.56 Å². The van der Waals surface area contributed by atoms with E-state index in [2.05, 4.69) is 22.2 Å². The van der Waals surface area contributed by atoms with E-state index < -0.39 is 0 Å². The fourth-order valence-corrected chi connectivity index (χ4v) is 2.89. The molecule has 1 aromatic heterocycles. The zero-order chi connectivity index (χ0) is 19.1. The Kier molecular flexibility index (Phi) is 6.54. The van der Waals surface area contributed by atoms with Crippen molar-refractivity contribution in [1.29, 1.82) is 0 Å². The lowest BCUT2D eigenvalue weighted by Gasteiger charge is -2.06. The van der Waals surface area contributed by atoms with E-state index in [9.17, 15) is 0 Å². The number of hydrogen-bond acceptors (Lipinski definition) is 4. The molecule has 0 atom stereocenters. The molecule has 0 aliphatic carbocycles. The van der Waals surface area contributed by atoms with Gasteiger partial charge in [-0.25, -0.2) is 5.10 Å². The Labute approximate surface area is 164 Å². The molecule has 2 aromatic carbocycles. The van der Waals surface area contributed by atoms with Crippen LogP contribution < -0.4 is 4.74 Å². The fraction of sp³-hybridized carbons (Fsp3) is 0.286. The highest BCUT2D eigenvalue weighted by Gasteiger charge is 2.10. The van der Waals surface area contributed by atoms with E-state index in [-0.39, 0.29) is 0 Å². The maximum atomic E-state index is 5.74. The first-order valence-corrected chi connectivity index (χ1v) is 9.60. The van der Waals surface area contributed by atoms with Crippen LogP contribution in [0.5, 0.6) is 5.75 Å². The van der Waals surface area contributed by atoms with Crippen molar-refractivity contribution in [2.24, 2.45) is 5.10 Å². The Morgan fingerprint density at radius 1 is 1.15 bits per heavy atom. The number of unbranched alkanes of at least 4 members (excludes halogenated alkanes) is 2. The highest BCUT2D eigenvalue weighted by atomic mass is 32.1. The maximum absolute atomic E-state index is 5.74. The van der Waals surface area contributed by atoms with Crippen molar-refractivity contribution in [2.75, 3.05) is 6.61 Å². The molecule has 140 valence electrons. The summed E-state index contributed by atoms with van der Waals surface area (Å²) in [6.07, 6.45) is 5.24. The lowest BCUT2D eigenvalue weighted by atomic mass is 10.1. The molecule has 0 amide bonds. The summed E-state index contributed by atoms with van der Waals surface area (Å²) in [4.78, 5) is 0. The molecule has 0 aliphatic rings. The van der Waals surface area contributed by atoms with E-state index in [1.54, 1.807) is 10.9 Å². The van der Waals surface area contributed by atoms with Gasteiger partial charge in [-0.1, -0.05) is 44.0 Å². The first-order valence-electron chi connectivity index (χ1n) is 9.19. The molecule has 0 radical (unpaired) electrons. The number of hydrogen-bond donors (Lipinski definition) is 1. The van der Waals surface area contributed by atoms with Gasteiger partial charge >= 0.3 is 0 Å². The zero-order valence-corrected chi connectivity index (χ0v) is 16.5. The Bertz CT molecular complexity index is 957. The third kappa shape index (κ3) is 4.92. The van der Waals surface area contributed by atoms with Crippen LogP contribution in [0.4, 0.5) is 0 Å². The second kappa shape index (κ2) is 9.28. The van der Waals surface area contributed by atoms with Crippen molar-refractivity contribution in [2.45, 2.75) is 33.1 Å². The lowest BCUT2D eigenvalue weighted by molar-refractivity contribution is 0.306. The molecule has 0 unspecified atom stereocenters. The minimum absolute atomic E-state index is 0.459. The molecule has 0 spiro atoms. The van der Waals surface area contributed by atoms with E-state index in [0.29, 0.717) is 10.6 Å². The molecule has 0 aliphatic heterocycles. The van der Waals surface area contributed by atoms with Crippen molar-refractivity contribution >= 4 is 18.4 Å². The van der Waals surface area contributed by atoms with Crippen LogP contribution in [0.2, 0.25) is 0 Å². The molecule has 3 aromatic rings. The van der Waals surface area contributed by atoms with Gasteiger partial charge in [0.1, 0.15) is 5.75 Å². The minimum Gasteiger partial charge on any atom is -0.494 e. The Morgan fingerprint density at radius 3 is 2.67 bits per heavy atom. The number of H-pyrrole nitrogens is 1. The lowest BCUT2D eigenvalue weighted by Crippen LogP contribution is -1.98. The third-order valence-electron chi connectivity index (χ3n) is 4.26. The van der Waals surface area contributed by atoms with E-state index in [0.717, 1.165) is 35.5 Å². The molecule has 0 saturated heterocycles. The average molecular weight is 381 g/mol. The summed E-state index contributed by atoms with van der Waals surface area (Å²) in [5.74, 6) is 1.58. The number of nitrogens with one attached hydrogen (secondary N) is 1. The number of aromatic nitrogens is 3. The second-order valence-corrected chi connectivity index (χ2v) is 6.73. The maximum Gasteiger partial charge on any atom is 0.216 e. The molecule has 1 heterocycles. The molecule has 6 heteroatoms. The molecule has 3 rings (SSSR count). The summed E-state index contributed by atoms with van der Waals surface area (Å²) in [5, 5.41) is 11.7. The van der Waals surface area contributed by atoms with Crippen molar-refractivity contribution < 1.29 is 4.74 Å². The van der Waals surface area contributed by atoms with Crippen LogP contribution in [0.15, 0.2) is 53.6 Å². The van der Waals surface area contributed by atoms with E-state index in [4.69, 9.17) is 17.0 Å². The van der Waals surface area contributed by atoms with Crippen LogP contribution in [-0.4, -0.2) is 27.7 Å². The summed E-state index contributed by atoms with van der Waals surface area (Å²) in [6, 6.07) is 15.9. The van der Waals surface area contributed by atoms with E-state index in [1.807, 2.05) is 55.5 Å². The predicted molar refractivity (Wildman–Crippen MR) is 112 cm³/mol. The topological polar surface area (TPSA) is 55.2 Å². The van der Waals surface area contributed by atoms with Gasteiger partial charge in [0.2, 0.25) is 4.77 Å². The smallest absolute Gasteiger partial charge is 0.216 e. The van der Waals surface area contributed by atoms with Gasteiger partial charge in [0.05, 0.1) is 12.8 Å². The molecule has 1 N–H and O–H groups in total.